The van der Waals surface area contributed by atoms with Crippen LogP contribution in [0.2, 0.25) is 0 Å². The summed E-state index contributed by atoms with van der Waals surface area (Å²) in [5.74, 6) is -2.45. The van der Waals surface area contributed by atoms with E-state index in [1.165, 1.54) is 27.9 Å². The Labute approximate surface area is 202 Å². The van der Waals surface area contributed by atoms with Crippen molar-refractivity contribution >= 4 is 15.7 Å². The Balaban J connectivity index is 1.54. The Morgan fingerprint density at radius 2 is 1.86 bits per heavy atom. The van der Waals surface area contributed by atoms with Gasteiger partial charge >= 0.3 is 0 Å². The molecule has 35 heavy (non-hydrogen) atoms. The summed E-state index contributed by atoms with van der Waals surface area (Å²) in [6.45, 7) is 3.84. The molecule has 0 spiro atoms. The standard InChI is InChI=1S/C25H26F2N4O3S/c1-25(2,28)20-6-3-17(4-7-20)13-31(21-9-10-35(33,34)16-21)24(32)15-30-14-19(12-29-30)18-5-8-22(26)23(27)11-18/h3-12,14,21H,13,15-16,28H2,1-2H3. The predicted octanol–water partition coefficient (Wildman–Crippen LogP) is 3.36. The molecule has 0 saturated heterocycles. The van der Waals surface area contributed by atoms with Gasteiger partial charge in [0.05, 0.1) is 18.0 Å². The fourth-order valence-corrected chi connectivity index (χ4v) is 5.18. The minimum Gasteiger partial charge on any atom is -0.329 e. The number of halogens is 2. The third-order valence-corrected chi connectivity index (χ3v) is 7.24. The summed E-state index contributed by atoms with van der Waals surface area (Å²) in [6, 6.07) is 10.4. The van der Waals surface area contributed by atoms with Crippen molar-refractivity contribution in [3.8, 4) is 11.1 Å². The molecule has 1 aromatic heterocycles. The maximum atomic E-state index is 13.6. The van der Waals surface area contributed by atoms with Crippen molar-refractivity contribution in [2.75, 3.05) is 5.75 Å². The molecule has 4 rings (SSSR count). The van der Waals surface area contributed by atoms with E-state index in [0.717, 1.165) is 28.7 Å². The van der Waals surface area contributed by atoms with Crippen LogP contribution in [0.4, 0.5) is 8.78 Å². The van der Waals surface area contributed by atoms with Crippen molar-refractivity contribution in [3.63, 3.8) is 0 Å². The highest BCUT2D eigenvalue weighted by Crippen LogP contribution is 2.23. The number of carbonyl (C=O) groups excluding carboxylic acids is 1. The van der Waals surface area contributed by atoms with E-state index in [4.69, 9.17) is 5.73 Å². The minimum atomic E-state index is -3.38. The number of aromatic nitrogens is 2. The number of amides is 1. The molecule has 0 radical (unpaired) electrons. The lowest BCUT2D eigenvalue weighted by Gasteiger charge is -2.28. The molecule has 0 saturated carbocycles. The van der Waals surface area contributed by atoms with Crippen LogP contribution >= 0.6 is 0 Å². The topological polar surface area (TPSA) is 98.3 Å². The van der Waals surface area contributed by atoms with Crippen LogP contribution in [0.1, 0.15) is 25.0 Å². The van der Waals surface area contributed by atoms with Crippen molar-refractivity contribution in [3.05, 3.63) is 89.1 Å². The molecule has 1 atom stereocenters. The molecule has 0 fully saturated rings. The molecular weight excluding hydrogens is 474 g/mol. The molecular formula is C25H26F2N4O3S. The Kier molecular flexibility index (Phi) is 6.61. The van der Waals surface area contributed by atoms with Crippen molar-refractivity contribution in [2.45, 2.75) is 38.5 Å². The molecule has 184 valence electrons. The van der Waals surface area contributed by atoms with Gasteiger partial charge in [0, 0.05) is 29.3 Å². The number of carbonyl (C=O) groups is 1. The second kappa shape index (κ2) is 9.35. The summed E-state index contributed by atoms with van der Waals surface area (Å²) in [5, 5.41) is 5.30. The van der Waals surface area contributed by atoms with Crippen LogP contribution in [-0.4, -0.2) is 40.8 Å². The highest BCUT2D eigenvalue weighted by molar-refractivity contribution is 7.94. The van der Waals surface area contributed by atoms with Gasteiger partial charge in [-0.3, -0.25) is 9.48 Å². The number of benzene rings is 2. The molecule has 1 aliphatic heterocycles. The van der Waals surface area contributed by atoms with Crippen molar-refractivity contribution in [1.82, 2.24) is 14.7 Å². The first-order valence-corrected chi connectivity index (χ1v) is 12.7. The lowest BCUT2D eigenvalue weighted by molar-refractivity contribution is -0.133. The molecule has 2 N–H and O–H groups in total. The quantitative estimate of drug-likeness (QED) is 0.537. The van der Waals surface area contributed by atoms with Crippen LogP contribution in [0, 0.1) is 11.6 Å². The number of hydrogen-bond acceptors (Lipinski definition) is 5. The van der Waals surface area contributed by atoms with Crippen LogP contribution in [0.25, 0.3) is 11.1 Å². The van der Waals surface area contributed by atoms with E-state index in [9.17, 15) is 22.0 Å². The molecule has 3 aromatic rings. The first kappa shape index (κ1) is 24.7. The third kappa shape index (κ3) is 5.83. The largest absolute Gasteiger partial charge is 0.329 e. The fourth-order valence-electron chi connectivity index (χ4n) is 3.88. The van der Waals surface area contributed by atoms with Gasteiger partial charge in [-0.05, 0) is 48.7 Å². The van der Waals surface area contributed by atoms with E-state index in [1.807, 2.05) is 38.1 Å². The predicted molar refractivity (Wildman–Crippen MR) is 128 cm³/mol. The molecule has 1 amide bonds. The Morgan fingerprint density at radius 1 is 1.14 bits per heavy atom. The molecule has 2 aromatic carbocycles. The lowest BCUT2D eigenvalue weighted by Crippen LogP contribution is -2.42. The number of nitrogens with two attached hydrogens (primary N) is 1. The van der Waals surface area contributed by atoms with Gasteiger partial charge in [-0.25, -0.2) is 17.2 Å². The summed E-state index contributed by atoms with van der Waals surface area (Å²) in [6.07, 6.45) is 4.53. The van der Waals surface area contributed by atoms with E-state index < -0.39 is 33.1 Å². The average Bonchev–Trinajstić information content (AvgIpc) is 3.39. The van der Waals surface area contributed by atoms with Crippen LogP contribution in [-0.2, 0) is 33.3 Å². The van der Waals surface area contributed by atoms with Crippen LogP contribution in [0.5, 0.6) is 0 Å². The summed E-state index contributed by atoms with van der Waals surface area (Å²) in [7, 11) is -3.38. The normalized spacial score (nSPS) is 17.0. The maximum Gasteiger partial charge on any atom is 0.245 e. The summed E-state index contributed by atoms with van der Waals surface area (Å²) >= 11 is 0. The zero-order valence-corrected chi connectivity index (χ0v) is 20.2. The van der Waals surface area contributed by atoms with E-state index in [-0.39, 0.29) is 24.7 Å². The van der Waals surface area contributed by atoms with E-state index in [0.29, 0.717) is 11.1 Å². The number of rotatable bonds is 7. The van der Waals surface area contributed by atoms with Gasteiger partial charge < -0.3 is 10.6 Å². The summed E-state index contributed by atoms with van der Waals surface area (Å²) in [4.78, 5) is 14.8. The first-order chi connectivity index (χ1) is 16.4. The van der Waals surface area contributed by atoms with Crippen LogP contribution < -0.4 is 5.73 Å². The smallest absolute Gasteiger partial charge is 0.245 e. The third-order valence-electron chi connectivity index (χ3n) is 5.87. The number of hydrogen-bond donors (Lipinski definition) is 1. The number of nitrogens with zero attached hydrogens (tertiary/aromatic N) is 3. The highest BCUT2D eigenvalue weighted by Gasteiger charge is 2.30. The first-order valence-electron chi connectivity index (χ1n) is 11.0. The number of sulfone groups is 1. The van der Waals surface area contributed by atoms with Gasteiger partial charge in [-0.15, -0.1) is 0 Å². The zero-order chi connectivity index (χ0) is 25.4. The summed E-state index contributed by atoms with van der Waals surface area (Å²) in [5.41, 5.74) is 8.33. The SMILES string of the molecule is CC(C)(N)c1ccc(CN(C(=O)Cn2cc(-c3ccc(F)c(F)c3)cn2)C2C=CS(=O)(=O)C2)cc1. The van der Waals surface area contributed by atoms with E-state index in [1.54, 1.807) is 6.20 Å². The monoisotopic (exact) mass is 500 g/mol. The Hall–Kier alpha value is -3.37. The van der Waals surface area contributed by atoms with Crippen molar-refractivity contribution < 1.29 is 22.0 Å². The Morgan fingerprint density at radius 3 is 2.46 bits per heavy atom. The van der Waals surface area contributed by atoms with Gasteiger partial charge in [-0.2, -0.15) is 5.10 Å². The second-order valence-electron chi connectivity index (χ2n) is 9.22. The molecule has 0 aliphatic carbocycles. The van der Waals surface area contributed by atoms with Gasteiger partial charge in [0.15, 0.2) is 21.5 Å². The molecule has 7 nitrogen and oxygen atoms in total. The maximum absolute atomic E-state index is 13.6. The Bertz CT molecular complexity index is 1380. The van der Waals surface area contributed by atoms with Crippen LogP contribution in [0.3, 0.4) is 0 Å². The molecule has 0 bridgehead atoms. The molecule has 1 unspecified atom stereocenters. The van der Waals surface area contributed by atoms with Crippen LogP contribution in [0.15, 0.2) is 66.3 Å². The van der Waals surface area contributed by atoms with Gasteiger partial charge in [0.2, 0.25) is 5.91 Å². The molecule has 10 heteroatoms. The minimum absolute atomic E-state index is 0.151. The fraction of sp³-hybridized carbons (Fsp3) is 0.280. The molecule has 1 aliphatic rings. The van der Waals surface area contributed by atoms with Gasteiger partial charge in [0.1, 0.15) is 6.54 Å². The second-order valence-corrected chi connectivity index (χ2v) is 11.2. The van der Waals surface area contributed by atoms with E-state index in [2.05, 4.69) is 5.10 Å². The highest BCUT2D eigenvalue weighted by atomic mass is 32.2. The van der Waals surface area contributed by atoms with Crippen molar-refractivity contribution in [1.29, 1.82) is 0 Å². The average molecular weight is 501 g/mol. The van der Waals surface area contributed by atoms with Crippen molar-refractivity contribution in [2.24, 2.45) is 5.73 Å². The zero-order valence-electron chi connectivity index (χ0n) is 19.4. The summed E-state index contributed by atoms with van der Waals surface area (Å²) < 4.78 is 52.3. The van der Waals surface area contributed by atoms with E-state index >= 15 is 0 Å². The molecule has 2 heterocycles. The van der Waals surface area contributed by atoms with Gasteiger partial charge in [0.25, 0.3) is 0 Å². The lowest BCUT2D eigenvalue weighted by atomic mass is 9.95. The van der Waals surface area contributed by atoms with Gasteiger partial charge in [-0.1, -0.05) is 30.3 Å².